The summed E-state index contributed by atoms with van der Waals surface area (Å²) in [5.74, 6) is -0.591. The number of aliphatic hydroxyl groups excluding tert-OH is 3. The number of unbranched alkanes of at least 4 members (excludes halogenated alkanes) is 2. The maximum Gasteiger partial charge on any atom is 0.145 e. The van der Waals surface area contributed by atoms with Gasteiger partial charge in [0, 0.05) is 44.2 Å². The number of nitrogens with one attached hydrogen (secondary N) is 2. The summed E-state index contributed by atoms with van der Waals surface area (Å²) in [6.45, 7) is 14.8. The number of aldehydes is 1. The minimum Gasteiger partial charge on any atom is -0.396 e. The summed E-state index contributed by atoms with van der Waals surface area (Å²) in [6, 6.07) is 0.397. The van der Waals surface area contributed by atoms with Gasteiger partial charge in [0.15, 0.2) is 0 Å². The lowest BCUT2D eigenvalue weighted by Gasteiger charge is -2.57. The molecule has 0 bridgehead atoms. The third kappa shape index (κ3) is 12.1. The van der Waals surface area contributed by atoms with Crippen LogP contribution in [0, 0.1) is 17.3 Å². The van der Waals surface area contributed by atoms with Crippen LogP contribution < -0.4 is 10.6 Å². The average Bonchev–Trinajstić information content (AvgIpc) is 3.44. The smallest absolute Gasteiger partial charge is 0.145 e. The molecule has 0 aromatic rings. The van der Waals surface area contributed by atoms with Gasteiger partial charge in [-0.15, -0.1) is 0 Å². The molecule has 2 aliphatic carbocycles. The lowest BCUT2D eigenvalue weighted by Crippen LogP contribution is -2.61. The molecule has 0 radical (unpaired) electrons. The van der Waals surface area contributed by atoms with Crippen molar-refractivity contribution in [1.29, 1.82) is 0 Å². The third-order valence-corrected chi connectivity index (χ3v) is 11.6. The highest BCUT2D eigenvalue weighted by molar-refractivity contribution is 5.74. The van der Waals surface area contributed by atoms with E-state index in [0.717, 1.165) is 74.7 Å². The van der Waals surface area contributed by atoms with Gasteiger partial charge in [-0.3, -0.25) is 4.79 Å². The van der Waals surface area contributed by atoms with Crippen molar-refractivity contribution in [1.82, 2.24) is 10.6 Å². The molecule has 2 rings (SSSR count). The molecule has 6 N–H and O–H groups in total. The van der Waals surface area contributed by atoms with E-state index in [-0.39, 0.29) is 18.4 Å². The summed E-state index contributed by atoms with van der Waals surface area (Å²) in [7, 11) is 3.59. The van der Waals surface area contributed by atoms with E-state index in [1.165, 1.54) is 5.57 Å². The second-order valence-electron chi connectivity index (χ2n) is 15.1. The number of hydrogen-bond donors (Lipinski definition) is 6. The van der Waals surface area contributed by atoms with Crippen LogP contribution in [0.1, 0.15) is 118 Å². The number of carbonyl (C=O) groups is 1. The first-order valence-electron chi connectivity index (χ1n) is 19.4. The molecule has 8 nitrogen and oxygen atoms in total. The number of aliphatic hydroxyl groups is 4. The van der Waals surface area contributed by atoms with Crippen molar-refractivity contribution in [2.24, 2.45) is 17.3 Å². The van der Waals surface area contributed by atoms with Crippen LogP contribution in [0.4, 0.5) is 0 Å². The fourth-order valence-electron chi connectivity index (χ4n) is 8.57. The molecule has 0 aromatic heterocycles. The minimum atomic E-state index is -1.16. The summed E-state index contributed by atoms with van der Waals surface area (Å²) in [6.07, 6.45) is 17.6. The highest BCUT2D eigenvalue weighted by Gasteiger charge is 2.65. The van der Waals surface area contributed by atoms with Crippen molar-refractivity contribution in [3.05, 3.63) is 58.7 Å². The van der Waals surface area contributed by atoms with Gasteiger partial charge in [0.05, 0.1) is 17.8 Å². The molecular formula is C42H72N2O6. The number of hydrogen-bond acceptors (Lipinski definition) is 8. The Balaban J connectivity index is 2.38. The molecule has 7 atom stereocenters. The summed E-state index contributed by atoms with van der Waals surface area (Å²) in [5, 5.41) is 53.4. The van der Waals surface area contributed by atoms with Crippen LogP contribution in [0.5, 0.6) is 0 Å². The van der Waals surface area contributed by atoms with Crippen molar-refractivity contribution in [3.8, 4) is 0 Å². The Morgan fingerprint density at radius 1 is 1.18 bits per heavy atom. The fourth-order valence-corrected chi connectivity index (χ4v) is 8.57. The van der Waals surface area contributed by atoms with Crippen molar-refractivity contribution >= 4 is 6.29 Å². The van der Waals surface area contributed by atoms with E-state index in [4.69, 9.17) is 4.74 Å². The molecule has 0 unspecified atom stereocenters. The van der Waals surface area contributed by atoms with Gasteiger partial charge in [-0.25, -0.2) is 0 Å². The molecule has 50 heavy (non-hydrogen) atoms. The zero-order chi connectivity index (χ0) is 37.2. The van der Waals surface area contributed by atoms with Crippen molar-refractivity contribution in [2.75, 3.05) is 40.5 Å². The molecule has 286 valence electrons. The predicted molar refractivity (Wildman–Crippen MR) is 206 cm³/mol. The Labute approximate surface area is 304 Å². The van der Waals surface area contributed by atoms with Crippen LogP contribution in [0.2, 0.25) is 0 Å². The van der Waals surface area contributed by atoms with E-state index in [2.05, 4.69) is 44.1 Å². The Kier molecular flexibility index (Phi) is 20.3. The number of rotatable bonds is 24. The number of carbonyl (C=O) groups excluding carboxylic acids is 1. The van der Waals surface area contributed by atoms with Crippen LogP contribution in [0.15, 0.2) is 58.7 Å². The standard InChI is InChI=1S/C42H72N2O6/c1-8-9-10-19-39(47)36(17-12-15-31(2)14-11-16-32(3)29-44-34(5)22-28-50-7)37-21-24-42(40(37)48)38(18-13-27-45)35(33(4)30-46)20-23-41(42,49)25-26-43-6/h12,15-17,30,34,37-40,43-45,47-49H,2,8-11,13-14,18-29H2,1,3-7H3/b15-12+,32-16+,35-33-,36-17+/t34-,37+,38+,39-,40-,41+,42-/m1/s1. The van der Waals surface area contributed by atoms with E-state index in [0.29, 0.717) is 69.5 Å². The normalized spacial score (nSPS) is 28.4. The predicted octanol–water partition coefficient (Wildman–Crippen LogP) is 6.50. The Morgan fingerprint density at radius 3 is 2.60 bits per heavy atom. The molecule has 0 saturated heterocycles. The minimum absolute atomic E-state index is 0.00474. The summed E-state index contributed by atoms with van der Waals surface area (Å²) >= 11 is 0. The van der Waals surface area contributed by atoms with Crippen LogP contribution in [0.25, 0.3) is 0 Å². The van der Waals surface area contributed by atoms with E-state index in [1.54, 1.807) is 7.11 Å². The maximum atomic E-state index is 12.6. The van der Waals surface area contributed by atoms with Gasteiger partial charge in [0.25, 0.3) is 0 Å². The highest BCUT2D eigenvalue weighted by Crippen LogP contribution is 2.64. The number of methoxy groups -OCH3 is 1. The molecule has 0 aliphatic heterocycles. The lowest BCUT2D eigenvalue weighted by molar-refractivity contribution is -0.181. The molecule has 0 aromatic carbocycles. The molecule has 0 heterocycles. The zero-order valence-corrected chi connectivity index (χ0v) is 32.3. The molecule has 2 saturated carbocycles. The number of ether oxygens (including phenoxy) is 1. The Hall–Kier alpha value is -1.91. The largest absolute Gasteiger partial charge is 0.396 e. The van der Waals surface area contributed by atoms with Gasteiger partial charge in [0.1, 0.15) is 6.29 Å². The Bertz CT molecular complexity index is 1160. The lowest BCUT2D eigenvalue weighted by atomic mass is 9.51. The van der Waals surface area contributed by atoms with E-state index in [1.807, 2.05) is 32.2 Å². The molecule has 2 aliphatic rings. The number of allylic oxidation sites excluding steroid dienone is 7. The van der Waals surface area contributed by atoms with E-state index in [9.17, 15) is 25.2 Å². The zero-order valence-electron chi connectivity index (χ0n) is 32.3. The molecule has 2 fully saturated rings. The highest BCUT2D eigenvalue weighted by atomic mass is 16.5. The summed E-state index contributed by atoms with van der Waals surface area (Å²) in [5.41, 5.74) is 2.68. The maximum absolute atomic E-state index is 12.6. The van der Waals surface area contributed by atoms with Crippen LogP contribution in [-0.4, -0.2) is 91.0 Å². The van der Waals surface area contributed by atoms with Crippen LogP contribution >= 0.6 is 0 Å². The van der Waals surface area contributed by atoms with Crippen molar-refractivity contribution in [3.63, 3.8) is 0 Å². The summed E-state index contributed by atoms with van der Waals surface area (Å²) < 4.78 is 5.17. The van der Waals surface area contributed by atoms with Crippen LogP contribution in [-0.2, 0) is 9.53 Å². The van der Waals surface area contributed by atoms with Crippen molar-refractivity contribution < 1.29 is 30.0 Å². The molecule has 0 amide bonds. The second kappa shape index (κ2) is 22.9. The van der Waals surface area contributed by atoms with Crippen molar-refractivity contribution in [2.45, 2.75) is 141 Å². The first kappa shape index (κ1) is 44.3. The van der Waals surface area contributed by atoms with Crippen LogP contribution in [0.3, 0.4) is 0 Å². The monoisotopic (exact) mass is 701 g/mol. The molecular weight excluding hydrogens is 628 g/mol. The quantitative estimate of drug-likeness (QED) is 0.0221. The summed E-state index contributed by atoms with van der Waals surface area (Å²) in [4.78, 5) is 12.1. The van der Waals surface area contributed by atoms with Gasteiger partial charge in [0.2, 0.25) is 0 Å². The fraction of sp³-hybridized carbons (Fsp3) is 0.738. The third-order valence-electron chi connectivity index (χ3n) is 11.6. The van der Waals surface area contributed by atoms with Gasteiger partial charge in [-0.05, 0) is 122 Å². The molecule has 1 spiro atoms. The SMILES string of the molecule is C=C(/C=C/C=C(/[C@H](O)CCCCC)[C@@H]1CC[C@]2([C@@H]1O)[C@@H](CCCO)/C(=C(/C)C=O)CC[C@]2(O)CCNC)CC/C=C(\C)CN[C@H](C)CCOC. The van der Waals surface area contributed by atoms with Gasteiger partial charge in [-0.2, -0.15) is 0 Å². The Morgan fingerprint density at radius 2 is 1.94 bits per heavy atom. The first-order chi connectivity index (χ1) is 24.0. The first-order valence-corrected chi connectivity index (χ1v) is 19.4. The topological polar surface area (TPSA) is 131 Å². The molecule has 8 heteroatoms. The van der Waals surface area contributed by atoms with E-state index >= 15 is 0 Å². The average molecular weight is 701 g/mol. The van der Waals surface area contributed by atoms with Gasteiger partial charge < -0.3 is 35.8 Å². The van der Waals surface area contributed by atoms with E-state index < -0.39 is 23.2 Å². The second-order valence-corrected chi connectivity index (χ2v) is 15.1. The van der Waals surface area contributed by atoms with Gasteiger partial charge >= 0.3 is 0 Å². The van der Waals surface area contributed by atoms with Gasteiger partial charge in [-0.1, -0.05) is 73.8 Å².